The van der Waals surface area contributed by atoms with Gasteiger partial charge >= 0.3 is 0 Å². The predicted molar refractivity (Wildman–Crippen MR) is 64.2 cm³/mol. The number of hydrogen-bond acceptors (Lipinski definition) is 3. The van der Waals surface area contributed by atoms with E-state index in [1.807, 2.05) is 20.0 Å². The second-order valence-corrected chi connectivity index (χ2v) is 3.87. The zero-order valence-electron chi connectivity index (χ0n) is 10.00. The van der Waals surface area contributed by atoms with Crippen LogP contribution < -0.4 is 10.2 Å². The summed E-state index contributed by atoms with van der Waals surface area (Å²) in [6, 6.07) is 5.30. The van der Waals surface area contributed by atoms with E-state index in [0.29, 0.717) is 12.2 Å². The lowest BCUT2D eigenvalue weighted by Gasteiger charge is -2.20. The van der Waals surface area contributed by atoms with Gasteiger partial charge in [0.15, 0.2) is 0 Å². The molecule has 90 valence electrons. The molecule has 1 rings (SSSR count). The molecule has 2 N–H and O–H groups in total. The molecule has 0 aliphatic rings. The average Bonchev–Trinajstić information content (AvgIpc) is 2.28. The molecule has 1 aromatic carbocycles. The third kappa shape index (κ3) is 2.93. The number of likely N-dealkylation sites (N-methyl/N-ethyl adjacent to an activating group) is 1. The van der Waals surface area contributed by atoms with E-state index in [1.165, 1.54) is 6.07 Å². The van der Waals surface area contributed by atoms with E-state index in [-0.39, 0.29) is 18.5 Å². The number of nitrogens with one attached hydrogen (secondary N) is 1. The van der Waals surface area contributed by atoms with Gasteiger partial charge in [-0.1, -0.05) is 6.07 Å². The molecular formula is C12H19FN2O. The second-order valence-electron chi connectivity index (χ2n) is 3.87. The fraction of sp³-hybridized carbons (Fsp3) is 0.500. The Balaban J connectivity index is 2.91. The number of aliphatic hydroxyl groups excluding tert-OH is 1. The lowest BCUT2D eigenvalue weighted by atomic mass is 10.1. The Bertz CT molecular complexity index is 344. The van der Waals surface area contributed by atoms with Crippen LogP contribution in [0.4, 0.5) is 10.1 Å². The molecule has 0 saturated carbocycles. The Hall–Kier alpha value is -1.13. The van der Waals surface area contributed by atoms with Gasteiger partial charge in [0.1, 0.15) is 5.82 Å². The monoisotopic (exact) mass is 226 g/mol. The number of benzene rings is 1. The smallest absolute Gasteiger partial charge is 0.146 e. The van der Waals surface area contributed by atoms with E-state index < -0.39 is 0 Å². The van der Waals surface area contributed by atoms with Crippen LogP contribution in [0.2, 0.25) is 0 Å². The third-order valence-corrected chi connectivity index (χ3v) is 2.75. The average molecular weight is 226 g/mol. The summed E-state index contributed by atoms with van der Waals surface area (Å²) < 4.78 is 13.8. The van der Waals surface area contributed by atoms with E-state index in [9.17, 15) is 4.39 Å². The van der Waals surface area contributed by atoms with Crippen molar-refractivity contribution in [2.45, 2.75) is 13.0 Å². The fourth-order valence-electron chi connectivity index (χ4n) is 1.54. The van der Waals surface area contributed by atoms with Crippen molar-refractivity contribution in [1.29, 1.82) is 0 Å². The summed E-state index contributed by atoms with van der Waals surface area (Å²) in [5, 5.41) is 11.9. The maximum absolute atomic E-state index is 13.8. The van der Waals surface area contributed by atoms with E-state index in [2.05, 4.69) is 5.32 Å². The highest BCUT2D eigenvalue weighted by Gasteiger charge is 2.10. The number of nitrogens with zero attached hydrogens (tertiary/aromatic N) is 1. The van der Waals surface area contributed by atoms with Gasteiger partial charge < -0.3 is 15.3 Å². The topological polar surface area (TPSA) is 35.5 Å². The van der Waals surface area contributed by atoms with E-state index in [0.717, 1.165) is 5.56 Å². The van der Waals surface area contributed by atoms with Crippen LogP contribution in [0.15, 0.2) is 18.2 Å². The summed E-state index contributed by atoms with van der Waals surface area (Å²) >= 11 is 0. The molecule has 0 heterocycles. The molecule has 0 saturated heterocycles. The lowest BCUT2D eigenvalue weighted by Crippen LogP contribution is -2.22. The maximum atomic E-state index is 13.8. The quantitative estimate of drug-likeness (QED) is 0.799. The highest BCUT2D eigenvalue weighted by molar-refractivity contribution is 5.48. The standard InChI is InChI=1S/C12H19FN2O/c1-9(14-2)10-4-5-12(11(13)8-10)15(3)6-7-16/h4-5,8-9,14,16H,6-7H2,1-3H3. The molecule has 1 unspecified atom stereocenters. The Morgan fingerprint density at radius 1 is 1.50 bits per heavy atom. The van der Waals surface area contributed by atoms with Gasteiger partial charge in [-0.05, 0) is 31.7 Å². The molecule has 0 fully saturated rings. The first-order chi connectivity index (χ1) is 7.60. The van der Waals surface area contributed by atoms with Crippen molar-refractivity contribution in [1.82, 2.24) is 5.32 Å². The highest BCUT2D eigenvalue weighted by Crippen LogP contribution is 2.22. The summed E-state index contributed by atoms with van der Waals surface area (Å²) in [7, 11) is 3.60. The molecule has 3 nitrogen and oxygen atoms in total. The summed E-state index contributed by atoms with van der Waals surface area (Å²) in [5.41, 5.74) is 1.43. The molecule has 16 heavy (non-hydrogen) atoms. The summed E-state index contributed by atoms with van der Waals surface area (Å²) in [6.45, 7) is 2.42. The normalized spacial score (nSPS) is 12.6. The largest absolute Gasteiger partial charge is 0.395 e. The van der Waals surface area contributed by atoms with Gasteiger partial charge in [-0.3, -0.25) is 0 Å². The Labute approximate surface area is 95.9 Å². The predicted octanol–water partition coefficient (Wildman–Crippen LogP) is 1.53. The minimum absolute atomic E-state index is 0.0185. The van der Waals surface area contributed by atoms with Crippen LogP contribution in [0, 0.1) is 5.82 Å². The minimum atomic E-state index is -0.254. The van der Waals surface area contributed by atoms with Crippen molar-refractivity contribution in [3.63, 3.8) is 0 Å². The van der Waals surface area contributed by atoms with Gasteiger partial charge in [0, 0.05) is 19.6 Å². The number of hydrogen-bond donors (Lipinski definition) is 2. The van der Waals surface area contributed by atoms with Crippen LogP contribution in [0.3, 0.4) is 0 Å². The van der Waals surface area contributed by atoms with Crippen molar-refractivity contribution in [2.75, 3.05) is 32.1 Å². The fourth-order valence-corrected chi connectivity index (χ4v) is 1.54. The van der Waals surface area contributed by atoms with Gasteiger partial charge in [-0.15, -0.1) is 0 Å². The van der Waals surface area contributed by atoms with Crippen molar-refractivity contribution < 1.29 is 9.50 Å². The molecule has 0 radical (unpaired) electrons. The van der Waals surface area contributed by atoms with Gasteiger partial charge in [-0.2, -0.15) is 0 Å². The van der Waals surface area contributed by atoms with Crippen LogP contribution in [0.5, 0.6) is 0 Å². The van der Waals surface area contributed by atoms with Crippen LogP contribution in [0.25, 0.3) is 0 Å². The first-order valence-electron chi connectivity index (χ1n) is 5.38. The van der Waals surface area contributed by atoms with Gasteiger partial charge in [-0.25, -0.2) is 4.39 Å². The summed E-state index contributed by atoms with van der Waals surface area (Å²) in [5.74, 6) is -0.254. The molecule has 0 bridgehead atoms. The van der Waals surface area contributed by atoms with E-state index in [4.69, 9.17) is 5.11 Å². The summed E-state index contributed by atoms with van der Waals surface area (Å²) in [4.78, 5) is 1.70. The van der Waals surface area contributed by atoms with Gasteiger partial charge in [0.05, 0.1) is 12.3 Å². The van der Waals surface area contributed by atoms with Crippen molar-refractivity contribution >= 4 is 5.69 Å². The number of halogens is 1. The molecule has 0 spiro atoms. The van der Waals surface area contributed by atoms with Crippen molar-refractivity contribution in [3.05, 3.63) is 29.6 Å². The number of anilines is 1. The first-order valence-corrected chi connectivity index (χ1v) is 5.38. The Kier molecular flexibility index (Phi) is 4.71. The van der Waals surface area contributed by atoms with Crippen LogP contribution in [-0.2, 0) is 0 Å². The molecule has 1 atom stereocenters. The minimum Gasteiger partial charge on any atom is -0.395 e. The molecule has 0 aromatic heterocycles. The lowest BCUT2D eigenvalue weighted by molar-refractivity contribution is 0.304. The maximum Gasteiger partial charge on any atom is 0.146 e. The second kappa shape index (κ2) is 5.82. The SMILES string of the molecule is CNC(C)c1ccc(N(C)CCO)c(F)c1. The molecule has 4 heteroatoms. The summed E-state index contributed by atoms with van der Waals surface area (Å²) in [6.07, 6.45) is 0. The van der Waals surface area contributed by atoms with Crippen LogP contribution in [0.1, 0.15) is 18.5 Å². The zero-order chi connectivity index (χ0) is 12.1. The van der Waals surface area contributed by atoms with Gasteiger partial charge in [0.2, 0.25) is 0 Å². The molecule has 0 aliphatic heterocycles. The molecule has 1 aromatic rings. The van der Waals surface area contributed by atoms with Crippen LogP contribution >= 0.6 is 0 Å². The highest BCUT2D eigenvalue weighted by atomic mass is 19.1. The number of rotatable bonds is 5. The van der Waals surface area contributed by atoms with E-state index >= 15 is 0 Å². The van der Waals surface area contributed by atoms with Crippen molar-refractivity contribution in [3.8, 4) is 0 Å². The van der Waals surface area contributed by atoms with E-state index in [1.54, 1.807) is 18.0 Å². The zero-order valence-corrected chi connectivity index (χ0v) is 10.00. The Morgan fingerprint density at radius 3 is 2.69 bits per heavy atom. The molecule has 0 amide bonds. The van der Waals surface area contributed by atoms with Crippen LogP contribution in [-0.4, -0.2) is 32.4 Å². The number of aliphatic hydroxyl groups is 1. The van der Waals surface area contributed by atoms with Gasteiger partial charge in [0.25, 0.3) is 0 Å². The molecule has 0 aliphatic carbocycles. The van der Waals surface area contributed by atoms with Crippen molar-refractivity contribution in [2.24, 2.45) is 0 Å². The third-order valence-electron chi connectivity index (χ3n) is 2.75. The first kappa shape index (κ1) is 12.9. The Morgan fingerprint density at radius 2 is 2.19 bits per heavy atom. The molecular weight excluding hydrogens is 207 g/mol.